The van der Waals surface area contributed by atoms with Crippen LogP contribution < -0.4 is 0 Å². The second kappa shape index (κ2) is 14.4. The van der Waals surface area contributed by atoms with Crippen LogP contribution in [-0.4, -0.2) is 42.1 Å². The van der Waals surface area contributed by atoms with Gasteiger partial charge >= 0.3 is 5.97 Å². The summed E-state index contributed by atoms with van der Waals surface area (Å²) in [6.45, 7) is 19.9. The molecule has 4 aromatic rings. The maximum Gasteiger partial charge on any atom is 0.312 e. The fourth-order valence-corrected chi connectivity index (χ4v) is 14.4. The van der Waals surface area contributed by atoms with Crippen molar-refractivity contribution in [3.63, 3.8) is 0 Å². The number of ether oxygens (including phenoxy) is 2. The zero-order chi connectivity index (χ0) is 41.5. The second-order valence-electron chi connectivity index (χ2n) is 20.3. The predicted molar refractivity (Wildman–Crippen MR) is 220 cm³/mol. The van der Waals surface area contributed by atoms with Gasteiger partial charge in [-0.1, -0.05) is 57.2 Å². The van der Waals surface area contributed by atoms with Crippen LogP contribution in [0.15, 0.2) is 73.1 Å². The summed E-state index contributed by atoms with van der Waals surface area (Å²) < 4.78 is 43.3. The first-order valence-electron chi connectivity index (χ1n) is 21.9. The molecule has 0 saturated heterocycles. The topological polar surface area (TPSA) is 97.0 Å². The molecule has 59 heavy (non-hydrogen) atoms. The summed E-state index contributed by atoms with van der Waals surface area (Å²) in [4.78, 5) is 14.6. The maximum atomic E-state index is 14.6. The van der Waals surface area contributed by atoms with E-state index >= 15 is 0 Å². The Labute approximate surface area is 347 Å². The summed E-state index contributed by atoms with van der Waals surface area (Å²) >= 11 is 0. The molecule has 0 aliphatic heterocycles. The average Bonchev–Trinajstić information content (AvgIpc) is 3.97. The first kappa shape index (κ1) is 40.2. The van der Waals surface area contributed by atoms with Gasteiger partial charge in [0.05, 0.1) is 41.9 Å². The molecule has 5 aliphatic rings. The molecule has 5 fully saturated rings. The van der Waals surface area contributed by atoms with Crippen LogP contribution in [0.4, 0.5) is 8.78 Å². The van der Waals surface area contributed by atoms with E-state index in [4.69, 9.17) is 9.47 Å². The monoisotopic (exact) mass is 806 g/mol. The van der Waals surface area contributed by atoms with Crippen LogP contribution in [-0.2, 0) is 27.5 Å². The number of carbonyl (C=O) groups excluding carboxylic acids is 1. The summed E-state index contributed by atoms with van der Waals surface area (Å²) in [6, 6.07) is 12.3. The lowest BCUT2D eigenvalue weighted by molar-refractivity contribution is -0.253. The standard InChI is InChI=1S/C48H60F2N6O3/c1-30(2)37-18-23-48(43(57)59-29-34-27-56(54-52-34)36-14-10-32(50)11-15-36)25-24-46(6)38(42(37)48)16-17-40-45(5)21-20-41(44(3,4)39(45)19-22-47(40,46)7)58-28-33-26-55(53-51-33)35-12-8-31(49)9-13-35/h8-15,26-27,37-42H,1,16-25,28-29H2,2-7H3/t37-,38+,39-,40+,41-,42+,45-,46+,47+,48-/m0/s1. The Hall–Kier alpha value is -4.25. The van der Waals surface area contributed by atoms with Crippen molar-refractivity contribution in [1.29, 1.82) is 0 Å². The van der Waals surface area contributed by atoms with Crippen molar-refractivity contribution < 1.29 is 23.0 Å². The average molecular weight is 807 g/mol. The van der Waals surface area contributed by atoms with Gasteiger partial charge in [-0.3, -0.25) is 4.79 Å². The van der Waals surface area contributed by atoms with Crippen LogP contribution in [0, 0.1) is 68.3 Å². The van der Waals surface area contributed by atoms with Gasteiger partial charge in [0.25, 0.3) is 0 Å². The third-order valence-corrected chi connectivity index (χ3v) is 17.5. The molecule has 9 nitrogen and oxygen atoms in total. The summed E-state index contributed by atoms with van der Waals surface area (Å²) in [5, 5.41) is 17.2. The molecule has 0 N–H and O–H groups in total. The van der Waals surface area contributed by atoms with Crippen molar-refractivity contribution in [2.45, 2.75) is 125 Å². The zero-order valence-corrected chi connectivity index (χ0v) is 35.6. The number of fused-ring (bicyclic) bond motifs is 7. The number of benzene rings is 2. The molecule has 2 aromatic carbocycles. The number of allylic oxidation sites excluding steroid dienone is 1. The summed E-state index contributed by atoms with van der Waals surface area (Å²) in [6.07, 6.45) is 14.2. The predicted octanol–water partition coefficient (Wildman–Crippen LogP) is 10.4. The Bertz CT molecular complexity index is 2220. The van der Waals surface area contributed by atoms with E-state index in [1.165, 1.54) is 49.1 Å². The molecule has 10 atom stereocenters. The highest BCUT2D eigenvalue weighted by atomic mass is 19.1. The number of hydrogen-bond donors (Lipinski definition) is 0. The molecular formula is C48H60F2N6O3. The lowest BCUT2D eigenvalue weighted by Gasteiger charge is -2.72. The van der Waals surface area contributed by atoms with Gasteiger partial charge in [0.2, 0.25) is 0 Å². The third kappa shape index (κ3) is 6.33. The van der Waals surface area contributed by atoms with Gasteiger partial charge in [0, 0.05) is 0 Å². The lowest BCUT2D eigenvalue weighted by Crippen LogP contribution is -2.67. The van der Waals surface area contributed by atoms with Gasteiger partial charge < -0.3 is 9.47 Å². The van der Waals surface area contributed by atoms with Gasteiger partial charge in [0.1, 0.15) is 29.6 Å². The van der Waals surface area contributed by atoms with E-state index in [2.05, 4.69) is 68.7 Å². The van der Waals surface area contributed by atoms with E-state index in [1.54, 1.807) is 39.8 Å². The molecule has 0 radical (unpaired) electrons. The highest BCUT2D eigenvalue weighted by molar-refractivity contribution is 5.78. The van der Waals surface area contributed by atoms with Gasteiger partial charge in [-0.15, -0.1) is 10.2 Å². The Morgan fingerprint density at radius 1 is 0.729 bits per heavy atom. The Morgan fingerprint density at radius 3 is 1.95 bits per heavy atom. The molecule has 0 spiro atoms. The molecule has 314 valence electrons. The summed E-state index contributed by atoms with van der Waals surface area (Å²) in [5.74, 6) is 1.32. The number of carbonyl (C=O) groups is 1. The number of halogens is 2. The van der Waals surface area contributed by atoms with E-state index in [0.717, 1.165) is 56.3 Å². The Kier molecular flexibility index (Phi) is 9.84. The van der Waals surface area contributed by atoms with Crippen molar-refractivity contribution in [3.05, 3.63) is 96.1 Å². The van der Waals surface area contributed by atoms with E-state index in [9.17, 15) is 13.6 Å². The normalized spacial score (nSPS) is 35.9. The molecular weight excluding hydrogens is 747 g/mol. The maximum absolute atomic E-state index is 14.6. The van der Waals surface area contributed by atoms with E-state index in [0.29, 0.717) is 41.7 Å². The van der Waals surface area contributed by atoms with Crippen LogP contribution in [0.3, 0.4) is 0 Å². The Morgan fingerprint density at radius 2 is 1.34 bits per heavy atom. The van der Waals surface area contributed by atoms with Crippen LogP contribution in [0.25, 0.3) is 11.4 Å². The largest absolute Gasteiger partial charge is 0.459 e. The van der Waals surface area contributed by atoms with E-state index in [1.807, 2.05) is 6.20 Å². The van der Waals surface area contributed by atoms with Crippen LogP contribution in [0.5, 0.6) is 0 Å². The fraction of sp³-hybridized carbons (Fsp3) is 0.604. The van der Waals surface area contributed by atoms with Crippen LogP contribution in [0.1, 0.15) is 117 Å². The number of esters is 1. The first-order chi connectivity index (χ1) is 28.1. The fourth-order valence-electron chi connectivity index (χ4n) is 14.4. The molecule has 2 heterocycles. The van der Waals surface area contributed by atoms with Crippen molar-refractivity contribution in [2.24, 2.45) is 56.7 Å². The highest BCUT2D eigenvalue weighted by Gasteiger charge is 2.72. The Balaban J connectivity index is 0.912. The van der Waals surface area contributed by atoms with Gasteiger partial charge in [-0.05, 0) is 171 Å². The minimum absolute atomic E-state index is 0.0224. The highest BCUT2D eigenvalue weighted by Crippen LogP contribution is 2.77. The van der Waals surface area contributed by atoms with Crippen molar-refractivity contribution in [3.8, 4) is 11.4 Å². The molecule has 11 heteroatoms. The number of aromatic nitrogens is 6. The van der Waals surface area contributed by atoms with Crippen LogP contribution >= 0.6 is 0 Å². The van der Waals surface area contributed by atoms with Crippen LogP contribution in [0.2, 0.25) is 0 Å². The smallest absolute Gasteiger partial charge is 0.312 e. The van der Waals surface area contributed by atoms with Gasteiger partial charge in [-0.2, -0.15) is 0 Å². The van der Waals surface area contributed by atoms with Gasteiger partial charge in [-0.25, -0.2) is 18.1 Å². The molecule has 2 aromatic heterocycles. The van der Waals surface area contributed by atoms with E-state index in [-0.39, 0.29) is 57.9 Å². The minimum Gasteiger partial charge on any atom is -0.459 e. The zero-order valence-electron chi connectivity index (χ0n) is 35.6. The van der Waals surface area contributed by atoms with Crippen molar-refractivity contribution in [2.75, 3.05) is 0 Å². The molecule has 5 saturated carbocycles. The summed E-state index contributed by atoms with van der Waals surface area (Å²) in [7, 11) is 0. The molecule has 9 rings (SSSR count). The molecule has 0 bridgehead atoms. The van der Waals surface area contributed by atoms with Crippen molar-refractivity contribution in [1.82, 2.24) is 30.0 Å². The molecule has 0 amide bonds. The quantitative estimate of drug-likeness (QED) is 0.123. The number of hydrogen-bond acceptors (Lipinski definition) is 7. The van der Waals surface area contributed by atoms with E-state index < -0.39 is 5.41 Å². The molecule has 0 unspecified atom stereocenters. The van der Waals surface area contributed by atoms with Crippen molar-refractivity contribution >= 4 is 5.97 Å². The number of nitrogens with zero attached hydrogens (tertiary/aromatic N) is 6. The lowest BCUT2D eigenvalue weighted by atomic mass is 9.32. The molecule has 5 aliphatic carbocycles. The number of rotatable bonds is 9. The second-order valence-corrected chi connectivity index (χ2v) is 20.3. The summed E-state index contributed by atoms with van der Waals surface area (Å²) in [5.41, 5.74) is 3.84. The SMILES string of the molecule is C=C(C)[C@@H]1CC[C@]2(C(=O)OCc3cn(-c4ccc(F)cc4)nn3)CC[C@]3(C)[C@H](CC[C@@H]4[C@@]5(C)CC[C@H](OCc6cn(-c7ccc(F)cc7)nn6)C(C)(C)[C@@H]5CC[C@]43C)[C@@H]12. The van der Waals surface area contributed by atoms with Gasteiger partial charge in [0.15, 0.2) is 0 Å². The third-order valence-electron chi connectivity index (χ3n) is 17.5. The first-order valence-corrected chi connectivity index (χ1v) is 21.9. The minimum atomic E-state index is -0.535.